The lowest BCUT2D eigenvalue weighted by Gasteiger charge is -2.24. The Hall–Kier alpha value is -1.26. The van der Waals surface area contributed by atoms with Crippen LogP contribution < -0.4 is 15.0 Å². The number of nitrogens with one attached hydrogen (secondary N) is 1. The van der Waals surface area contributed by atoms with E-state index in [-0.39, 0.29) is 6.61 Å². The number of rotatable bonds is 10. The summed E-state index contributed by atoms with van der Waals surface area (Å²) >= 11 is 0. The van der Waals surface area contributed by atoms with E-state index in [1.807, 2.05) is 6.92 Å². The normalized spacial score (nSPS) is 10.6. The lowest BCUT2D eigenvalue weighted by Crippen LogP contribution is -2.23. The standard InChI is InChI=1S/C16H28N2O2/c1-4-18(5-2)15-9-8-14(12-16(15)20-6-3)13-17-10-7-11-19/h8-9,12,17,19H,4-7,10-11,13H2,1-3H3. The molecule has 4 nitrogen and oxygen atoms in total. The molecular formula is C16H28N2O2. The van der Waals surface area contributed by atoms with Gasteiger partial charge in [0.2, 0.25) is 0 Å². The van der Waals surface area contributed by atoms with Gasteiger partial charge in [0.05, 0.1) is 12.3 Å². The average Bonchev–Trinajstić information content (AvgIpc) is 2.47. The summed E-state index contributed by atoms with van der Waals surface area (Å²) in [5.41, 5.74) is 2.37. The monoisotopic (exact) mass is 280 g/mol. The molecule has 1 aromatic rings. The molecular weight excluding hydrogens is 252 g/mol. The molecule has 0 bridgehead atoms. The third-order valence-electron chi connectivity index (χ3n) is 3.27. The fraction of sp³-hybridized carbons (Fsp3) is 0.625. The molecule has 0 saturated carbocycles. The molecule has 0 saturated heterocycles. The number of aliphatic hydroxyl groups is 1. The minimum Gasteiger partial charge on any atom is -0.492 e. The Balaban J connectivity index is 2.77. The molecule has 20 heavy (non-hydrogen) atoms. The van der Waals surface area contributed by atoms with Gasteiger partial charge in [0, 0.05) is 26.2 Å². The van der Waals surface area contributed by atoms with Crippen molar-refractivity contribution in [2.45, 2.75) is 33.7 Å². The molecule has 0 fully saturated rings. The molecule has 0 radical (unpaired) electrons. The van der Waals surface area contributed by atoms with Crippen LogP contribution in [0, 0.1) is 0 Å². The van der Waals surface area contributed by atoms with Crippen LogP contribution in [0.5, 0.6) is 5.75 Å². The van der Waals surface area contributed by atoms with Gasteiger partial charge < -0.3 is 20.1 Å². The van der Waals surface area contributed by atoms with Crippen LogP contribution in [0.15, 0.2) is 18.2 Å². The first-order valence-electron chi connectivity index (χ1n) is 7.59. The summed E-state index contributed by atoms with van der Waals surface area (Å²) in [5.74, 6) is 0.956. The molecule has 1 rings (SSSR count). The summed E-state index contributed by atoms with van der Waals surface area (Å²) in [5, 5.41) is 12.1. The van der Waals surface area contributed by atoms with E-state index in [1.165, 1.54) is 5.56 Å². The van der Waals surface area contributed by atoms with Crippen LogP contribution in [0.2, 0.25) is 0 Å². The SMILES string of the molecule is CCOc1cc(CNCCCO)ccc1N(CC)CC. The summed E-state index contributed by atoms with van der Waals surface area (Å²) in [6.07, 6.45) is 0.788. The van der Waals surface area contributed by atoms with Crippen LogP contribution >= 0.6 is 0 Å². The van der Waals surface area contributed by atoms with E-state index in [0.717, 1.165) is 44.0 Å². The quantitative estimate of drug-likeness (QED) is 0.646. The van der Waals surface area contributed by atoms with Gasteiger partial charge in [0.25, 0.3) is 0 Å². The van der Waals surface area contributed by atoms with Gasteiger partial charge in [0.15, 0.2) is 0 Å². The second-order valence-electron chi connectivity index (χ2n) is 4.66. The number of anilines is 1. The number of nitrogens with zero attached hydrogens (tertiary/aromatic N) is 1. The molecule has 0 spiro atoms. The first-order valence-corrected chi connectivity index (χ1v) is 7.59. The summed E-state index contributed by atoms with van der Waals surface area (Å²) < 4.78 is 5.78. The topological polar surface area (TPSA) is 44.7 Å². The van der Waals surface area contributed by atoms with Crippen LogP contribution in [0.4, 0.5) is 5.69 Å². The molecule has 0 heterocycles. The lowest BCUT2D eigenvalue weighted by molar-refractivity contribution is 0.286. The molecule has 0 atom stereocenters. The predicted molar refractivity (Wildman–Crippen MR) is 84.6 cm³/mol. The minimum absolute atomic E-state index is 0.234. The number of aliphatic hydroxyl groups excluding tert-OH is 1. The largest absolute Gasteiger partial charge is 0.492 e. The molecule has 1 aromatic carbocycles. The first kappa shape index (κ1) is 16.8. The first-order chi connectivity index (χ1) is 9.76. The fourth-order valence-electron chi connectivity index (χ4n) is 2.20. The van der Waals surface area contributed by atoms with Gasteiger partial charge in [-0.05, 0) is 51.4 Å². The van der Waals surface area contributed by atoms with Crippen LogP contribution in [0.25, 0.3) is 0 Å². The maximum absolute atomic E-state index is 8.76. The van der Waals surface area contributed by atoms with E-state index >= 15 is 0 Å². The van der Waals surface area contributed by atoms with Gasteiger partial charge in [-0.1, -0.05) is 6.07 Å². The van der Waals surface area contributed by atoms with Gasteiger partial charge in [-0.15, -0.1) is 0 Å². The third kappa shape index (κ3) is 5.02. The Bertz CT molecular complexity index is 379. The van der Waals surface area contributed by atoms with Crippen LogP contribution in [0.3, 0.4) is 0 Å². The van der Waals surface area contributed by atoms with E-state index in [2.05, 4.69) is 42.3 Å². The van der Waals surface area contributed by atoms with Crippen molar-refractivity contribution in [3.8, 4) is 5.75 Å². The highest BCUT2D eigenvalue weighted by molar-refractivity contribution is 5.59. The van der Waals surface area contributed by atoms with Crippen molar-refractivity contribution in [2.24, 2.45) is 0 Å². The van der Waals surface area contributed by atoms with Gasteiger partial charge in [-0.2, -0.15) is 0 Å². The number of hydrogen-bond donors (Lipinski definition) is 2. The minimum atomic E-state index is 0.234. The molecule has 0 aliphatic rings. The van der Waals surface area contributed by atoms with E-state index in [0.29, 0.717) is 6.61 Å². The second kappa shape index (κ2) is 9.61. The Morgan fingerprint density at radius 1 is 1.20 bits per heavy atom. The van der Waals surface area contributed by atoms with Crippen LogP contribution in [-0.2, 0) is 6.54 Å². The summed E-state index contributed by atoms with van der Waals surface area (Å²) in [7, 11) is 0. The smallest absolute Gasteiger partial charge is 0.142 e. The van der Waals surface area contributed by atoms with Gasteiger partial charge in [-0.25, -0.2) is 0 Å². The van der Waals surface area contributed by atoms with Crippen molar-refractivity contribution in [2.75, 3.05) is 37.7 Å². The molecule has 114 valence electrons. The number of hydrogen-bond acceptors (Lipinski definition) is 4. The van der Waals surface area contributed by atoms with Crippen molar-refractivity contribution in [3.05, 3.63) is 23.8 Å². The van der Waals surface area contributed by atoms with Crippen molar-refractivity contribution >= 4 is 5.69 Å². The Morgan fingerprint density at radius 3 is 2.55 bits per heavy atom. The van der Waals surface area contributed by atoms with E-state index in [4.69, 9.17) is 9.84 Å². The third-order valence-corrected chi connectivity index (χ3v) is 3.27. The van der Waals surface area contributed by atoms with Crippen LogP contribution in [0.1, 0.15) is 32.8 Å². The van der Waals surface area contributed by atoms with Crippen molar-refractivity contribution in [3.63, 3.8) is 0 Å². The molecule has 0 unspecified atom stereocenters. The molecule has 0 aliphatic carbocycles. The maximum Gasteiger partial charge on any atom is 0.142 e. The number of ether oxygens (including phenoxy) is 1. The summed E-state index contributed by atoms with van der Waals surface area (Å²) in [4.78, 5) is 2.30. The van der Waals surface area contributed by atoms with Gasteiger partial charge in [0.1, 0.15) is 5.75 Å². The van der Waals surface area contributed by atoms with Crippen molar-refractivity contribution in [1.29, 1.82) is 0 Å². The highest BCUT2D eigenvalue weighted by Crippen LogP contribution is 2.29. The Kier molecular flexibility index (Phi) is 8.07. The van der Waals surface area contributed by atoms with Crippen molar-refractivity contribution < 1.29 is 9.84 Å². The number of benzene rings is 1. The zero-order chi connectivity index (χ0) is 14.8. The Morgan fingerprint density at radius 2 is 1.95 bits per heavy atom. The van der Waals surface area contributed by atoms with E-state index in [1.54, 1.807) is 0 Å². The predicted octanol–water partition coefficient (Wildman–Crippen LogP) is 2.40. The zero-order valence-corrected chi connectivity index (χ0v) is 13.0. The average molecular weight is 280 g/mol. The van der Waals surface area contributed by atoms with Crippen molar-refractivity contribution in [1.82, 2.24) is 5.32 Å². The van der Waals surface area contributed by atoms with Gasteiger partial charge in [-0.3, -0.25) is 0 Å². The summed E-state index contributed by atoms with van der Waals surface area (Å²) in [6.45, 7) is 10.8. The summed E-state index contributed by atoms with van der Waals surface area (Å²) in [6, 6.07) is 6.40. The highest BCUT2D eigenvalue weighted by atomic mass is 16.5. The lowest BCUT2D eigenvalue weighted by atomic mass is 10.1. The maximum atomic E-state index is 8.76. The molecule has 2 N–H and O–H groups in total. The van der Waals surface area contributed by atoms with E-state index < -0.39 is 0 Å². The Labute approximate surface area is 122 Å². The molecule has 0 aromatic heterocycles. The fourth-order valence-corrected chi connectivity index (χ4v) is 2.20. The molecule has 4 heteroatoms. The van der Waals surface area contributed by atoms with E-state index in [9.17, 15) is 0 Å². The van der Waals surface area contributed by atoms with Gasteiger partial charge >= 0.3 is 0 Å². The highest BCUT2D eigenvalue weighted by Gasteiger charge is 2.10. The molecule has 0 amide bonds. The van der Waals surface area contributed by atoms with Crippen LogP contribution in [-0.4, -0.2) is 38.0 Å². The second-order valence-corrected chi connectivity index (χ2v) is 4.66. The zero-order valence-electron chi connectivity index (χ0n) is 13.0. The molecule has 0 aliphatic heterocycles.